The number of carbonyl (C=O) groups excluding carboxylic acids is 1. The number of ether oxygens (including phenoxy) is 1. The quantitative estimate of drug-likeness (QED) is 0.752. The lowest BCUT2D eigenvalue weighted by atomic mass is 9.95. The first-order chi connectivity index (χ1) is 13.6. The molecule has 28 heavy (non-hydrogen) atoms. The summed E-state index contributed by atoms with van der Waals surface area (Å²) < 4.78 is 12.4. The summed E-state index contributed by atoms with van der Waals surface area (Å²) in [6.45, 7) is 3.06. The van der Waals surface area contributed by atoms with Crippen LogP contribution >= 0.6 is 0 Å². The number of aromatic nitrogens is 2. The molecular formula is C21H21N3O4. The van der Waals surface area contributed by atoms with Crippen LogP contribution in [0.15, 0.2) is 57.9 Å². The SMILES string of the molecule is Cc1cc(C2CCOCC2)oc(=O)c1C(=O)Nc1ccnn1-c1ccccc1. The van der Waals surface area contributed by atoms with Crippen LogP contribution in [-0.2, 0) is 4.74 Å². The van der Waals surface area contributed by atoms with E-state index in [0.717, 1.165) is 18.5 Å². The number of para-hydroxylation sites is 1. The Hall–Kier alpha value is -3.19. The molecule has 0 bridgehead atoms. The van der Waals surface area contributed by atoms with Gasteiger partial charge in [0, 0.05) is 25.2 Å². The molecule has 0 radical (unpaired) electrons. The maximum Gasteiger partial charge on any atom is 0.349 e. The Morgan fingerprint density at radius 3 is 2.64 bits per heavy atom. The van der Waals surface area contributed by atoms with Gasteiger partial charge in [0.2, 0.25) is 0 Å². The van der Waals surface area contributed by atoms with Crippen molar-refractivity contribution >= 4 is 11.7 Å². The first-order valence-electron chi connectivity index (χ1n) is 9.26. The van der Waals surface area contributed by atoms with Gasteiger partial charge in [0.05, 0.1) is 11.9 Å². The first-order valence-corrected chi connectivity index (χ1v) is 9.26. The van der Waals surface area contributed by atoms with Crippen molar-refractivity contribution in [2.24, 2.45) is 0 Å². The zero-order valence-electron chi connectivity index (χ0n) is 15.6. The summed E-state index contributed by atoms with van der Waals surface area (Å²) in [6.07, 6.45) is 3.21. The zero-order valence-corrected chi connectivity index (χ0v) is 15.6. The molecule has 1 N–H and O–H groups in total. The van der Waals surface area contributed by atoms with Crippen molar-refractivity contribution in [3.8, 4) is 5.69 Å². The van der Waals surface area contributed by atoms with Crippen LogP contribution in [0.3, 0.4) is 0 Å². The van der Waals surface area contributed by atoms with Gasteiger partial charge in [-0.3, -0.25) is 4.79 Å². The van der Waals surface area contributed by atoms with Crippen LogP contribution in [0.1, 0.15) is 40.4 Å². The van der Waals surface area contributed by atoms with Gasteiger partial charge in [0.15, 0.2) is 0 Å². The van der Waals surface area contributed by atoms with E-state index in [1.807, 2.05) is 30.3 Å². The molecule has 3 heterocycles. The Kier molecular flexibility index (Phi) is 5.08. The summed E-state index contributed by atoms with van der Waals surface area (Å²) >= 11 is 0. The summed E-state index contributed by atoms with van der Waals surface area (Å²) in [5.74, 6) is 0.736. The number of aryl methyl sites for hydroxylation is 1. The van der Waals surface area contributed by atoms with E-state index < -0.39 is 11.5 Å². The minimum atomic E-state index is -0.621. The van der Waals surface area contributed by atoms with E-state index in [4.69, 9.17) is 9.15 Å². The molecule has 144 valence electrons. The van der Waals surface area contributed by atoms with E-state index in [1.54, 1.807) is 29.9 Å². The van der Waals surface area contributed by atoms with Gasteiger partial charge in [-0.05, 0) is 43.5 Å². The number of nitrogens with one attached hydrogen (secondary N) is 1. The molecule has 7 nitrogen and oxygen atoms in total. The second-order valence-electron chi connectivity index (χ2n) is 6.80. The minimum absolute atomic E-state index is 0.0108. The zero-order chi connectivity index (χ0) is 19.5. The van der Waals surface area contributed by atoms with E-state index in [0.29, 0.717) is 30.4 Å². The fourth-order valence-corrected chi connectivity index (χ4v) is 3.44. The lowest BCUT2D eigenvalue weighted by Crippen LogP contribution is -2.25. The maximum absolute atomic E-state index is 12.8. The van der Waals surface area contributed by atoms with Gasteiger partial charge in [-0.2, -0.15) is 5.10 Å². The largest absolute Gasteiger partial charge is 0.427 e. The van der Waals surface area contributed by atoms with Crippen LogP contribution in [0.4, 0.5) is 5.82 Å². The Morgan fingerprint density at radius 1 is 1.18 bits per heavy atom. The first kappa shape index (κ1) is 18.2. The molecule has 0 aliphatic carbocycles. The van der Waals surface area contributed by atoms with Gasteiger partial charge < -0.3 is 14.5 Å². The van der Waals surface area contributed by atoms with E-state index >= 15 is 0 Å². The molecule has 3 aromatic rings. The molecule has 1 amide bonds. The van der Waals surface area contributed by atoms with Gasteiger partial charge in [-0.15, -0.1) is 0 Å². The van der Waals surface area contributed by atoms with Crippen molar-refractivity contribution in [1.82, 2.24) is 9.78 Å². The lowest BCUT2D eigenvalue weighted by molar-refractivity contribution is 0.0796. The third-order valence-electron chi connectivity index (χ3n) is 4.90. The predicted octanol–water partition coefficient (Wildman–Crippen LogP) is 3.28. The number of hydrogen-bond acceptors (Lipinski definition) is 5. The fraction of sp³-hybridized carbons (Fsp3) is 0.286. The van der Waals surface area contributed by atoms with Crippen LogP contribution < -0.4 is 10.9 Å². The number of rotatable bonds is 4. The fourth-order valence-electron chi connectivity index (χ4n) is 3.44. The molecule has 0 spiro atoms. The normalized spacial score (nSPS) is 14.8. The average molecular weight is 379 g/mol. The smallest absolute Gasteiger partial charge is 0.349 e. The Balaban J connectivity index is 1.59. The van der Waals surface area contributed by atoms with E-state index in [9.17, 15) is 9.59 Å². The molecule has 1 aliphatic rings. The van der Waals surface area contributed by atoms with Crippen LogP contribution in [0.2, 0.25) is 0 Å². The molecule has 1 aromatic carbocycles. The summed E-state index contributed by atoms with van der Waals surface area (Å²) in [5, 5.41) is 7.01. The number of carbonyl (C=O) groups is 1. The minimum Gasteiger partial charge on any atom is -0.427 e. The summed E-state index contributed by atoms with van der Waals surface area (Å²) in [6, 6.07) is 12.9. The molecular weight excluding hydrogens is 358 g/mol. The van der Waals surface area contributed by atoms with Crippen LogP contribution in [0.5, 0.6) is 0 Å². The molecule has 2 aromatic heterocycles. The topological polar surface area (TPSA) is 86.4 Å². The van der Waals surface area contributed by atoms with Crippen molar-refractivity contribution < 1.29 is 13.9 Å². The molecule has 1 fully saturated rings. The second kappa shape index (κ2) is 7.82. The lowest BCUT2D eigenvalue weighted by Gasteiger charge is -2.21. The Labute approximate surface area is 161 Å². The Morgan fingerprint density at radius 2 is 1.93 bits per heavy atom. The van der Waals surface area contributed by atoms with Gasteiger partial charge in [0.1, 0.15) is 17.1 Å². The molecule has 0 unspecified atom stereocenters. The molecule has 7 heteroatoms. The van der Waals surface area contributed by atoms with Crippen molar-refractivity contribution in [3.63, 3.8) is 0 Å². The Bertz CT molecular complexity index is 1030. The van der Waals surface area contributed by atoms with Gasteiger partial charge in [0.25, 0.3) is 5.91 Å². The third-order valence-corrected chi connectivity index (χ3v) is 4.90. The summed E-state index contributed by atoms with van der Waals surface area (Å²) in [5.41, 5.74) is 0.795. The predicted molar refractivity (Wildman–Crippen MR) is 104 cm³/mol. The molecule has 4 rings (SSSR count). The van der Waals surface area contributed by atoms with Gasteiger partial charge in [-0.1, -0.05) is 18.2 Å². The molecule has 1 aliphatic heterocycles. The summed E-state index contributed by atoms with van der Waals surface area (Å²) in [4.78, 5) is 25.3. The van der Waals surface area contributed by atoms with E-state index in [2.05, 4.69) is 10.4 Å². The van der Waals surface area contributed by atoms with Crippen molar-refractivity contribution in [1.29, 1.82) is 0 Å². The van der Waals surface area contributed by atoms with Gasteiger partial charge in [-0.25, -0.2) is 9.48 Å². The van der Waals surface area contributed by atoms with Crippen LogP contribution in [0, 0.1) is 6.92 Å². The second-order valence-corrected chi connectivity index (χ2v) is 6.80. The highest BCUT2D eigenvalue weighted by Gasteiger charge is 2.23. The number of benzene rings is 1. The molecule has 0 atom stereocenters. The monoisotopic (exact) mass is 379 g/mol. The van der Waals surface area contributed by atoms with E-state index in [-0.39, 0.29) is 11.5 Å². The molecule has 0 saturated carbocycles. The number of nitrogens with zero attached hydrogens (tertiary/aromatic N) is 2. The maximum atomic E-state index is 12.8. The van der Waals surface area contributed by atoms with Gasteiger partial charge >= 0.3 is 5.63 Å². The average Bonchev–Trinajstić information content (AvgIpc) is 3.17. The van der Waals surface area contributed by atoms with E-state index in [1.165, 1.54) is 0 Å². The highest BCUT2D eigenvalue weighted by molar-refractivity contribution is 6.04. The number of amides is 1. The van der Waals surface area contributed by atoms with Crippen molar-refractivity contribution in [3.05, 3.63) is 76.0 Å². The summed E-state index contributed by atoms with van der Waals surface area (Å²) in [7, 11) is 0. The van der Waals surface area contributed by atoms with Crippen molar-refractivity contribution in [2.75, 3.05) is 18.5 Å². The van der Waals surface area contributed by atoms with Crippen LogP contribution in [-0.4, -0.2) is 28.9 Å². The number of anilines is 1. The third kappa shape index (κ3) is 3.61. The standard InChI is InChI=1S/C21H21N3O4/c1-14-13-17(15-8-11-27-12-9-15)28-21(26)19(14)20(25)23-18-7-10-22-24(18)16-5-3-2-4-6-16/h2-7,10,13,15H,8-9,11-12H2,1H3,(H,23,25). The highest BCUT2D eigenvalue weighted by Crippen LogP contribution is 2.27. The highest BCUT2D eigenvalue weighted by atomic mass is 16.5. The van der Waals surface area contributed by atoms with Crippen molar-refractivity contribution in [2.45, 2.75) is 25.7 Å². The molecule has 1 saturated heterocycles. The number of hydrogen-bond donors (Lipinski definition) is 1. The van der Waals surface area contributed by atoms with Crippen LogP contribution in [0.25, 0.3) is 5.69 Å².